The number of ether oxygens (including phenoxy) is 1. The molecule has 1 N–H and O–H groups in total. The van der Waals surface area contributed by atoms with E-state index in [0.29, 0.717) is 0 Å². The molecule has 0 amide bonds. The molecule has 0 radical (unpaired) electrons. The second kappa shape index (κ2) is 4.33. The lowest BCUT2D eigenvalue weighted by atomic mass is 9.62. The lowest BCUT2D eigenvalue weighted by Crippen LogP contribution is -2.51. The second-order valence-corrected chi connectivity index (χ2v) is 4.72. The third-order valence-corrected chi connectivity index (χ3v) is 3.18. The Kier molecular flexibility index (Phi) is 3.20. The van der Waals surface area contributed by atoms with Crippen molar-refractivity contribution in [3.63, 3.8) is 0 Å². The number of aliphatic hydroxyl groups is 1. The van der Waals surface area contributed by atoms with Gasteiger partial charge in [-0.1, -0.05) is 12.1 Å². The van der Waals surface area contributed by atoms with Crippen LogP contribution in [0.25, 0.3) is 0 Å². The monoisotopic (exact) mass is 282 g/mol. The van der Waals surface area contributed by atoms with Crippen LogP contribution in [0.5, 0.6) is 5.75 Å². The van der Waals surface area contributed by atoms with Crippen LogP contribution < -0.4 is 4.74 Å². The van der Waals surface area contributed by atoms with Gasteiger partial charge in [-0.25, -0.2) is 8.78 Å². The fourth-order valence-electron chi connectivity index (χ4n) is 2.37. The molecule has 19 heavy (non-hydrogen) atoms. The zero-order chi connectivity index (χ0) is 14.3. The van der Waals surface area contributed by atoms with Crippen molar-refractivity contribution in [3.8, 4) is 5.75 Å². The van der Waals surface area contributed by atoms with Crippen LogP contribution in [0.2, 0.25) is 0 Å². The van der Waals surface area contributed by atoms with E-state index >= 15 is 0 Å². The van der Waals surface area contributed by atoms with E-state index in [9.17, 15) is 27.1 Å². The molecular weight excluding hydrogens is 271 g/mol. The molecule has 2 rings (SSSR count). The lowest BCUT2D eigenvalue weighted by Gasteiger charge is -2.46. The van der Waals surface area contributed by atoms with Crippen molar-refractivity contribution in [2.75, 3.05) is 6.61 Å². The second-order valence-electron chi connectivity index (χ2n) is 4.72. The molecule has 1 aromatic rings. The highest BCUT2D eigenvalue weighted by molar-refractivity contribution is 5.37. The molecule has 0 aromatic heterocycles. The van der Waals surface area contributed by atoms with Gasteiger partial charge in [-0.3, -0.25) is 0 Å². The molecule has 106 valence electrons. The smallest absolute Gasteiger partial charge is 0.406 e. The number of benzene rings is 1. The van der Waals surface area contributed by atoms with Crippen LogP contribution in [0, 0.1) is 0 Å². The molecule has 1 fully saturated rings. The van der Waals surface area contributed by atoms with Crippen molar-refractivity contribution < 1.29 is 31.8 Å². The summed E-state index contributed by atoms with van der Waals surface area (Å²) in [4.78, 5) is 0. The maximum atomic E-state index is 13.0. The Hall–Kier alpha value is -1.37. The summed E-state index contributed by atoms with van der Waals surface area (Å²) < 4.78 is 65.9. The molecule has 0 bridgehead atoms. The van der Waals surface area contributed by atoms with Gasteiger partial charge in [0.15, 0.2) is 0 Å². The van der Waals surface area contributed by atoms with Crippen LogP contribution in [0.15, 0.2) is 24.3 Å². The summed E-state index contributed by atoms with van der Waals surface area (Å²) in [7, 11) is 0. The first-order valence-corrected chi connectivity index (χ1v) is 5.51. The van der Waals surface area contributed by atoms with Crippen LogP contribution in [0.3, 0.4) is 0 Å². The van der Waals surface area contributed by atoms with Crippen LogP contribution in [0.4, 0.5) is 22.0 Å². The number of aliphatic hydroxyl groups excluding tert-OH is 1. The minimum atomic E-state index is -4.84. The minimum Gasteiger partial charge on any atom is -0.406 e. The van der Waals surface area contributed by atoms with Crippen LogP contribution >= 0.6 is 0 Å². The maximum absolute atomic E-state index is 13.0. The quantitative estimate of drug-likeness (QED) is 0.862. The Balaban J connectivity index is 2.24. The summed E-state index contributed by atoms with van der Waals surface area (Å²) in [6.45, 7) is -0.544. The van der Waals surface area contributed by atoms with Gasteiger partial charge in [0.2, 0.25) is 5.92 Å². The van der Waals surface area contributed by atoms with Gasteiger partial charge in [0, 0.05) is 18.3 Å². The average Bonchev–Trinajstić information content (AvgIpc) is 2.23. The molecule has 0 saturated heterocycles. The van der Waals surface area contributed by atoms with E-state index < -0.39 is 42.9 Å². The maximum Gasteiger partial charge on any atom is 0.573 e. The van der Waals surface area contributed by atoms with Gasteiger partial charge in [0.1, 0.15) is 5.75 Å². The normalized spacial score (nSPS) is 20.7. The van der Waals surface area contributed by atoms with Crippen molar-refractivity contribution in [2.24, 2.45) is 0 Å². The van der Waals surface area contributed by atoms with Gasteiger partial charge in [-0.05, 0) is 17.7 Å². The van der Waals surface area contributed by atoms with Gasteiger partial charge in [-0.15, -0.1) is 13.2 Å². The summed E-state index contributed by atoms with van der Waals surface area (Å²) in [6.07, 6.45) is -5.99. The third-order valence-electron chi connectivity index (χ3n) is 3.18. The molecule has 1 aliphatic carbocycles. The molecule has 2 nitrogen and oxygen atoms in total. The van der Waals surface area contributed by atoms with Gasteiger partial charge in [0.25, 0.3) is 0 Å². The van der Waals surface area contributed by atoms with Crippen LogP contribution in [-0.4, -0.2) is 24.0 Å². The molecule has 7 heteroatoms. The number of alkyl halides is 5. The number of hydrogen-bond donors (Lipinski definition) is 1. The standard InChI is InChI=1S/C12H11F5O2/c13-11(14)5-10(6-11,7-18)8-2-1-3-9(4-8)19-12(15,16)17/h1-4,18H,5-7H2. The topological polar surface area (TPSA) is 29.5 Å². The SMILES string of the molecule is OCC1(c2cccc(OC(F)(F)F)c2)CC(F)(F)C1. The van der Waals surface area contributed by atoms with E-state index in [1.54, 1.807) is 0 Å². The largest absolute Gasteiger partial charge is 0.573 e. The zero-order valence-corrected chi connectivity index (χ0v) is 9.68. The molecule has 0 atom stereocenters. The summed E-state index contributed by atoms with van der Waals surface area (Å²) in [6, 6.07) is 4.82. The van der Waals surface area contributed by atoms with Crippen molar-refractivity contribution >= 4 is 0 Å². The molecule has 1 aliphatic rings. The van der Waals surface area contributed by atoms with E-state index in [0.717, 1.165) is 12.1 Å². The highest BCUT2D eigenvalue weighted by Crippen LogP contribution is 2.53. The van der Waals surface area contributed by atoms with Crippen molar-refractivity contribution in [1.82, 2.24) is 0 Å². The van der Waals surface area contributed by atoms with Gasteiger partial charge >= 0.3 is 6.36 Å². The lowest BCUT2D eigenvalue weighted by molar-refractivity contribution is -0.274. The number of halogens is 5. The van der Waals surface area contributed by atoms with E-state index in [-0.39, 0.29) is 5.56 Å². The zero-order valence-electron chi connectivity index (χ0n) is 9.68. The Morgan fingerprint density at radius 1 is 1.21 bits per heavy atom. The Morgan fingerprint density at radius 3 is 2.32 bits per heavy atom. The predicted octanol–water partition coefficient (Wildman–Crippen LogP) is 3.24. The third kappa shape index (κ3) is 2.97. The summed E-state index contributed by atoms with van der Waals surface area (Å²) in [5.74, 6) is -3.36. The molecule has 1 saturated carbocycles. The number of hydrogen-bond acceptors (Lipinski definition) is 2. The van der Waals surface area contributed by atoms with Gasteiger partial charge in [0.05, 0.1) is 6.61 Å². The first kappa shape index (κ1) is 14.0. The van der Waals surface area contributed by atoms with Crippen LogP contribution in [0.1, 0.15) is 18.4 Å². The summed E-state index contributed by atoms with van der Waals surface area (Å²) >= 11 is 0. The van der Waals surface area contributed by atoms with E-state index in [1.165, 1.54) is 12.1 Å². The summed E-state index contributed by atoms with van der Waals surface area (Å²) in [5, 5.41) is 9.25. The number of rotatable bonds is 3. The first-order chi connectivity index (χ1) is 8.66. The molecular formula is C12H11F5O2. The molecule has 0 aliphatic heterocycles. The fourth-order valence-corrected chi connectivity index (χ4v) is 2.37. The Morgan fingerprint density at radius 2 is 1.84 bits per heavy atom. The molecule has 0 heterocycles. The van der Waals surface area contributed by atoms with Gasteiger partial charge < -0.3 is 9.84 Å². The Bertz CT molecular complexity index is 461. The first-order valence-electron chi connectivity index (χ1n) is 5.51. The predicted molar refractivity (Wildman–Crippen MR) is 56.1 cm³/mol. The van der Waals surface area contributed by atoms with Gasteiger partial charge in [-0.2, -0.15) is 0 Å². The minimum absolute atomic E-state index is 0.225. The molecule has 0 unspecified atom stereocenters. The summed E-state index contributed by atoms with van der Waals surface area (Å²) in [5.41, 5.74) is -0.961. The fraction of sp³-hybridized carbons (Fsp3) is 0.500. The average molecular weight is 282 g/mol. The van der Waals surface area contributed by atoms with E-state index in [1.807, 2.05) is 0 Å². The highest BCUT2D eigenvalue weighted by atomic mass is 19.4. The van der Waals surface area contributed by atoms with E-state index in [2.05, 4.69) is 4.74 Å². The van der Waals surface area contributed by atoms with Crippen molar-refractivity contribution in [1.29, 1.82) is 0 Å². The van der Waals surface area contributed by atoms with Crippen LogP contribution in [-0.2, 0) is 5.41 Å². The highest BCUT2D eigenvalue weighted by Gasteiger charge is 2.57. The Labute approximate surface area is 105 Å². The van der Waals surface area contributed by atoms with Crippen molar-refractivity contribution in [3.05, 3.63) is 29.8 Å². The van der Waals surface area contributed by atoms with Crippen molar-refractivity contribution in [2.45, 2.75) is 30.5 Å². The van der Waals surface area contributed by atoms with E-state index in [4.69, 9.17) is 0 Å². The molecule has 0 spiro atoms. The molecule has 1 aromatic carbocycles.